The summed E-state index contributed by atoms with van der Waals surface area (Å²) in [5.74, 6) is 0.220. The van der Waals surface area contributed by atoms with Gasteiger partial charge in [-0.2, -0.15) is 0 Å². The molecule has 3 rings (SSSR count). The zero-order valence-electron chi connectivity index (χ0n) is 16.1. The van der Waals surface area contributed by atoms with Crippen LogP contribution in [0.1, 0.15) is 49.3 Å². The van der Waals surface area contributed by atoms with Gasteiger partial charge in [0.25, 0.3) is 0 Å². The lowest BCUT2D eigenvalue weighted by atomic mass is 9.99. The molecule has 2 heterocycles. The third-order valence-electron chi connectivity index (χ3n) is 5.98. The molecular formula is C21H33N3O. The predicted octanol–water partition coefficient (Wildman–Crippen LogP) is 2.87. The smallest absolute Gasteiger partial charge is 0.219 e. The second-order valence-corrected chi connectivity index (χ2v) is 7.92. The molecular weight excluding hydrogens is 310 g/mol. The van der Waals surface area contributed by atoms with Crippen molar-refractivity contribution >= 4 is 5.91 Å². The van der Waals surface area contributed by atoms with Crippen LogP contribution in [0.5, 0.6) is 0 Å². The maximum absolute atomic E-state index is 11.4. The molecule has 0 saturated carbocycles. The number of benzene rings is 1. The van der Waals surface area contributed by atoms with E-state index >= 15 is 0 Å². The van der Waals surface area contributed by atoms with Crippen molar-refractivity contribution in [3.05, 3.63) is 34.9 Å². The molecule has 2 aliphatic rings. The SMILES string of the molecule is CC(=O)N1CCC(NC2CCN(Cc3ccc(C)c(C)c3)CC2)CC1. The van der Waals surface area contributed by atoms with Gasteiger partial charge in [0.05, 0.1) is 0 Å². The second-order valence-electron chi connectivity index (χ2n) is 7.92. The number of carbonyl (C=O) groups is 1. The summed E-state index contributed by atoms with van der Waals surface area (Å²) in [5.41, 5.74) is 4.21. The first kappa shape index (κ1) is 18.4. The minimum absolute atomic E-state index is 0.220. The fourth-order valence-corrected chi connectivity index (χ4v) is 4.11. The van der Waals surface area contributed by atoms with Crippen LogP contribution in [-0.4, -0.2) is 54.0 Å². The molecule has 138 valence electrons. The summed E-state index contributed by atoms with van der Waals surface area (Å²) in [6.07, 6.45) is 4.67. The van der Waals surface area contributed by atoms with E-state index in [2.05, 4.69) is 42.3 Å². The Morgan fingerprint density at radius 1 is 1.00 bits per heavy atom. The van der Waals surface area contributed by atoms with E-state index in [9.17, 15) is 4.79 Å². The normalized spacial score (nSPS) is 20.8. The van der Waals surface area contributed by atoms with Gasteiger partial charge in [-0.3, -0.25) is 9.69 Å². The summed E-state index contributed by atoms with van der Waals surface area (Å²) in [4.78, 5) is 16.0. The Kier molecular flexibility index (Phi) is 6.13. The predicted molar refractivity (Wildman–Crippen MR) is 103 cm³/mol. The van der Waals surface area contributed by atoms with Crippen molar-refractivity contribution in [2.24, 2.45) is 0 Å². The topological polar surface area (TPSA) is 35.6 Å². The molecule has 1 N–H and O–H groups in total. The van der Waals surface area contributed by atoms with Crippen LogP contribution in [0.3, 0.4) is 0 Å². The number of carbonyl (C=O) groups excluding carboxylic acids is 1. The van der Waals surface area contributed by atoms with E-state index in [0.29, 0.717) is 12.1 Å². The fourth-order valence-electron chi connectivity index (χ4n) is 4.11. The highest BCUT2D eigenvalue weighted by Gasteiger charge is 2.25. The standard InChI is InChI=1S/C21H33N3O/c1-16-4-5-19(14-17(16)2)15-23-10-6-20(7-11-23)22-21-8-12-24(13-9-21)18(3)25/h4-5,14,20-22H,6-13,15H2,1-3H3. The van der Waals surface area contributed by atoms with E-state index in [4.69, 9.17) is 0 Å². The van der Waals surface area contributed by atoms with E-state index in [0.717, 1.165) is 32.5 Å². The van der Waals surface area contributed by atoms with Gasteiger partial charge in [-0.05, 0) is 69.3 Å². The fraction of sp³-hybridized carbons (Fsp3) is 0.667. The summed E-state index contributed by atoms with van der Waals surface area (Å²) in [7, 11) is 0. The Hall–Kier alpha value is -1.39. The van der Waals surface area contributed by atoms with Crippen LogP contribution in [0, 0.1) is 13.8 Å². The molecule has 0 atom stereocenters. The molecule has 0 bridgehead atoms. The Balaban J connectivity index is 1.40. The molecule has 2 aliphatic heterocycles. The van der Waals surface area contributed by atoms with Crippen molar-refractivity contribution in [2.75, 3.05) is 26.2 Å². The van der Waals surface area contributed by atoms with Crippen molar-refractivity contribution in [1.82, 2.24) is 15.1 Å². The molecule has 0 radical (unpaired) electrons. The van der Waals surface area contributed by atoms with Crippen LogP contribution in [0.25, 0.3) is 0 Å². The van der Waals surface area contributed by atoms with Crippen molar-refractivity contribution < 1.29 is 4.79 Å². The van der Waals surface area contributed by atoms with E-state index in [1.807, 2.05) is 4.90 Å². The zero-order valence-corrected chi connectivity index (χ0v) is 16.1. The molecule has 2 fully saturated rings. The van der Waals surface area contributed by atoms with Gasteiger partial charge in [0.2, 0.25) is 5.91 Å². The van der Waals surface area contributed by atoms with Gasteiger partial charge >= 0.3 is 0 Å². The van der Waals surface area contributed by atoms with Gasteiger partial charge in [0, 0.05) is 38.6 Å². The summed E-state index contributed by atoms with van der Waals surface area (Å²) < 4.78 is 0. The van der Waals surface area contributed by atoms with Crippen molar-refractivity contribution in [3.63, 3.8) is 0 Å². The molecule has 25 heavy (non-hydrogen) atoms. The molecule has 0 spiro atoms. The van der Waals surface area contributed by atoms with Crippen LogP contribution in [0.2, 0.25) is 0 Å². The van der Waals surface area contributed by atoms with E-state index in [1.54, 1.807) is 6.92 Å². The molecule has 0 aromatic heterocycles. The summed E-state index contributed by atoms with van der Waals surface area (Å²) >= 11 is 0. The van der Waals surface area contributed by atoms with Gasteiger partial charge in [-0.25, -0.2) is 0 Å². The van der Waals surface area contributed by atoms with E-state index < -0.39 is 0 Å². The quantitative estimate of drug-likeness (QED) is 0.913. The Bertz CT molecular complexity index is 585. The molecule has 2 saturated heterocycles. The third-order valence-corrected chi connectivity index (χ3v) is 5.98. The first-order chi connectivity index (χ1) is 12.0. The molecule has 1 amide bonds. The maximum atomic E-state index is 11.4. The van der Waals surface area contributed by atoms with Crippen molar-refractivity contribution in [1.29, 1.82) is 0 Å². The van der Waals surface area contributed by atoms with Gasteiger partial charge in [0.1, 0.15) is 0 Å². The number of likely N-dealkylation sites (tertiary alicyclic amines) is 2. The van der Waals surface area contributed by atoms with Gasteiger partial charge in [-0.15, -0.1) is 0 Å². The number of nitrogens with zero attached hydrogens (tertiary/aromatic N) is 2. The van der Waals surface area contributed by atoms with Crippen LogP contribution in [0.4, 0.5) is 0 Å². The number of amides is 1. The Morgan fingerprint density at radius 3 is 2.16 bits per heavy atom. The first-order valence-corrected chi connectivity index (χ1v) is 9.81. The molecule has 4 heteroatoms. The summed E-state index contributed by atoms with van der Waals surface area (Å²) in [6.45, 7) is 11.3. The van der Waals surface area contributed by atoms with Gasteiger partial charge in [0.15, 0.2) is 0 Å². The van der Waals surface area contributed by atoms with Crippen LogP contribution >= 0.6 is 0 Å². The highest BCUT2D eigenvalue weighted by molar-refractivity contribution is 5.73. The lowest BCUT2D eigenvalue weighted by Crippen LogP contribution is -2.50. The molecule has 1 aromatic rings. The molecule has 4 nitrogen and oxygen atoms in total. The van der Waals surface area contributed by atoms with Crippen molar-refractivity contribution in [3.8, 4) is 0 Å². The average Bonchev–Trinajstić information content (AvgIpc) is 2.60. The molecule has 1 aromatic carbocycles. The second kappa shape index (κ2) is 8.33. The van der Waals surface area contributed by atoms with Crippen LogP contribution in [0.15, 0.2) is 18.2 Å². The van der Waals surface area contributed by atoms with Crippen molar-refractivity contribution in [2.45, 2.75) is 65.1 Å². The molecule has 0 aliphatic carbocycles. The Labute approximate surface area is 152 Å². The minimum atomic E-state index is 0.220. The van der Waals surface area contributed by atoms with Crippen LogP contribution < -0.4 is 5.32 Å². The van der Waals surface area contributed by atoms with E-state index in [1.165, 1.54) is 42.6 Å². The Morgan fingerprint density at radius 2 is 1.60 bits per heavy atom. The number of hydrogen-bond acceptors (Lipinski definition) is 3. The molecule has 0 unspecified atom stereocenters. The number of aryl methyl sites for hydroxylation is 2. The summed E-state index contributed by atoms with van der Waals surface area (Å²) in [5, 5.41) is 3.85. The average molecular weight is 344 g/mol. The number of rotatable bonds is 4. The summed E-state index contributed by atoms with van der Waals surface area (Å²) in [6, 6.07) is 8.08. The van der Waals surface area contributed by atoms with Gasteiger partial charge in [-0.1, -0.05) is 18.2 Å². The number of nitrogens with one attached hydrogen (secondary N) is 1. The highest BCUT2D eigenvalue weighted by Crippen LogP contribution is 2.18. The van der Waals surface area contributed by atoms with E-state index in [-0.39, 0.29) is 5.91 Å². The maximum Gasteiger partial charge on any atom is 0.219 e. The zero-order chi connectivity index (χ0) is 17.8. The van der Waals surface area contributed by atoms with Gasteiger partial charge < -0.3 is 10.2 Å². The highest BCUT2D eigenvalue weighted by atomic mass is 16.2. The first-order valence-electron chi connectivity index (χ1n) is 9.81. The largest absolute Gasteiger partial charge is 0.343 e. The lowest BCUT2D eigenvalue weighted by molar-refractivity contribution is -0.129. The van der Waals surface area contributed by atoms with Crippen LogP contribution in [-0.2, 0) is 11.3 Å². The monoisotopic (exact) mass is 343 g/mol. The number of piperidine rings is 2. The lowest BCUT2D eigenvalue weighted by Gasteiger charge is -2.37. The third kappa shape index (κ3) is 5.05. The number of hydrogen-bond donors (Lipinski definition) is 1. The minimum Gasteiger partial charge on any atom is -0.343 e.